The number of hydrogen-bond acceptors (Lipinski definition) is 11. The normalized spacial score (nSPS) is 39.0. The molecule has 332 valence electrons. The summed E-state index contributed by atoms with van der Waals surface area (Å²) in [4.78, 5) is 64.0. The molecule has 6 N–H and O–H groups in total. The van der Waals surface area contributed by atoms with Gasteiger partial charge in [0, 0.05) is 34.8 Å². The Bertz CT molecular complexity index is 1980. The Morgan fingerprint density at radius 2 is 1.77 bits per heavy atom. The minimum atomic E-state index is -1.39. The molecule has 61 heavy (non-hydrogen) atoms. The number of ketones is 2. The molecule has 6 aliphatic carbocycles. The van der Waals surface area contributed by atoms with Gasteiger partial charge in [0.2, 0.25) is 11.8 Å². The summed E-state index contributed by atoms with van der Waals surface area (Å²) >= 11 is 0. The smallest absolute Gasteiger partial charge is 0.306 e. The Balaban J connectivity index is 0.868. The van der Waals surface area contributed by atoms with E-state index < -0.39 is 70.8 Å². The van der Waals surface area contributed by atoms with Crippen molar-refractivity contribution in [1.29, 1.82) is 0 Å². The fourth-order valence-corrected chi connectivity index (χ4v) is 13.1. The predicted molar refractivity (Wildman–Crippen MR) is 224 cm³/mol. The van der Waals surface area contributed by atoms with Gasteiger partial charge in [0.25, 0.3) is 0 Å². The van der Waals surface area contributed by atoms with Gasteiger partial charge in [-0.05, 0) is 132 Å². The summed E-state index contributed by atoms with van der Waals surface area (Å²) in [5, 5.41) is 28.1. The van der Waals surface area contributed by atoms with Gasteiger partial charge in [-0.25, -0.2) is 0 Å². The lowest BCUT2D eigenvalue weighted by Gasteiger charge is -2.59. The third-order valence-electron chi connectivity index (χ3n) is 16.1. The number of nitrogens with one attached hydrogen (secondary N) is 2. The number of ether oxygens (including phenoxy) is 3. The van der Waals surface area contributed by atoms with Crippen molar-refractivity contribution in [2.24, 2.45) is 45.7 Å². The highest BCUT2D eigenvalue weighted by Crippen LogP contribution is 2.70. The van der Waals surface area contributed by atoms with Gasteiger partial charge in [-0.1, -0.05) is 49.8 Å². The summed E-state index contributed by atoms with van der Waals surface area (Å²) in [5.74, 6) is -1.05. The molecular formula is C48H65N3O10. The number of esters is 1. The average molecular weight is 844 g/mol. The molecule has 1 spiro atoms. The number of rotatable bonds is 12. The molecule has 2 amide bonds. The molecule has 5 saturated carbocycles. The molecule has 0 aromatic heterocycles. The van der Waals surface area contributed by atoms with E-state index in [-0.39, 0.29) is 60.3 Å². The third-order valence-corrected chi connectivity index (χ3v) is 16.1. The van der Waals surface area contributed by atoms with Crippen LogP contribution in [0.4, 0.5) is 0 Å². The SMILES string of the molecule is CC(C)(C)OC(=O)CC[C@H](NC(=O)CN)C(=O)NC1CCC2(CC1)CC2Cc1ccc([C@@H]2O[C@@H]3C[C@H]4[C@@H]5CCC6=CC(=O)C=C[C@]6(C)[C@H]5[C@@H](O)C[C@]4(C)[C@]3(C(=O)CO)O2)cc1. The van der Waals surface area contributed by atoms with Crippen LogP contribution in [-0.2, 0) is 44.6 Å². The predicted octanol–water partition coefficient (Wildman–Crippen LogP) is 4.46. The van der Waals surface area contributed by atoms with E-state index in [0.29, 0.717) is 18.8 Å². The van der Waals surface area contributed by atoms with Crippen molar-refractivity contribution in [2.75, 3.05) is 13.2 Å². The number of carbonyl (C=O) groups is 5. The quantitative estimate of drug-likeness (QED) is 0.186. The number of aliphatic hydroxyl groups is 2. The zero-order valence-electron chi connectivity index (χ0n) is 36.4. The van der Waals surface area contributed by atoms with E-state index in [4.69, 9.17) is 19.9 Å². The van der Waals surface area contributed by atoms with Crippen LogP contribution in [0.25, 0.3) is 0 Å². The first kappa shape index (κ1) is 43.9. The van der Waals surface area contributed by atoms with Crippen LogP contribution in [0.1, 0.15) is 123 Å². The number of Topliss-reactive ketones (excluding diaryl/α,β-unsaturated/α-hetero) is 1. The lowest BCUT2D eigenvalue weighted by molar-refractivity contribution is -0.201. The minimum Gasteiger partial charge on any atom is -0.460 e. The van der Waals surface area contributed by atoms with Crippen molar-refractivity contribution in [3.8, 4) is 0 Å². The van der Waals surface area contributed by atoms with Crippen LogP contribution in [0, 0.1) is 39.9 Å². The second-order valence-electron chi connectivity index (χ2n) is 20.8. The number of amides is 2. The van der Waals surface area contributed by atoms with Gasteiger partial charge < -0.3 is 40.8 Å². The van der Waals surface area contributed by atoms with Gasteiger partial charge in [-0.2, -0.15) is 0 Å². The average Bonchev–Trinajstić information content (AvgIpc) is 3.59. The van der Waals surface area contributed by atoms with Crippen molar-refractivity contribution in [3.05, 3.63) is 59.2 Å². The van der Waals surface area contributed by atoms with E-state index in [0.717, 1.165) is 62.5 Å². The molecule has 13 nitrogen and oxygen atoms in total. The number of aliphatic hydroxyl groups excluding tert-OH is 2. The van der Waals surface area contributed by atoms with E-state index in [1.165, 1.54) is 5.56 Å². The van der Waals surface area contributed by atoms with E-state index in [1.807, 2.05) is 18.2 Å². The fourth-order valence-electron chi connectivity index (χ4n) is 13.1. The number of hydrogen-bond donors (Lipinski definition) is 5. The molecule has 0 bridgehead atoms. The highest BCUT2D eigenvalue weighted by molar-refractivity contribution is 6.01. The summed E-state index contributed by atoms with van der Waals surface area (Å²) in [6.45, 7) is 8.60. The molecule has 7 aliphatic rings. The van der Waals surface area contributed by atoms with Crippen molar-refractivity contribution in [3.63, 3.8) is 0 Å². The molecule has 6 fully saturated rings. The molecule has 11 atom stereocenters. The molecule has 1 aromatic carbocycles. The zero-order valence-corrected chi connectivity index (χ0v) is 36.4. The number of fused-ring (bicyclic) bond motifs is 7. The van der Waals surface area contributed by atoms with Crippen molar-refractivity contribution >= 4 is 29.4 Å². The highest BCUT2D eigenvalue weighted by Gasteiger charge is 2.76. The van der Waals surface area contributed by atoms with Gasteiger partial charge >= 0.3 is 5.97 Å². The number of allylic oxidation sites excluding steroid dienone is 4. The Kier molecular flexibility index (Phi) is 11.6. The summed E-state index contributed by atoms with van der Waals surface area (Å²) in [5.41, 5.74) is 5.60. The van der Waals surface area contributed by atoms with Gasteiger partial charge in [-0.15, -0.1) is 0 Å². The Morgan fingerprint density at radius 3 is 2.44 bits per heavy atom. The summed E-state index contributed by atoms with van der Waals surface area (Å²) in [6, 6.07) is 7.35. The van der Waals surface area contributed by atoms with Crippen LogP contribution in [0.2, 0.25) is 0 Å². The molecule has 0 radical (unpaired) electrons. The van der Waals surface area contributed by atoms with E-state index in [2.05, 4.69) is 36.6 Å². The van der Waals surface area contributed by atoms with E-state index in [1.54, 1.807) is 32.9 Å². The summed E-state index contributed by atoms with van der Waals surface area (Å²) < 4.78 is 18.9. The maximum Gasteiger partial charge on any atom is 0.306 e. The fraction of sp³-hybridized carbons (Fsp3) is 0.688. The highest BCUT2D eigenvalue weighted by atomic mass is 16.7. The molecule has 1 aromatic rings. The Hall–Kier alpha value is -3.75. The number of nitrogens with two attached hydrogens (primary N) is 1. The van der Waals surface area contributed by atoms with Crippen LogP contribution >= 0.6 is 0 Å². The summed E-state index contributed by atoms with van der Waals surface area (Å²) in [6.07, 6.45) is 11.6. The third kappa shape index (κ3) is 7.85. The maximum atomic E-state index is 14.0. The van der Waals surface area contributed by atoms with Gasteiger partial charge in [0.05, 0.1) is 18.8 Å². The minimum absolute atomic E-state index is 0.00337. The summed E-state index contributed by atoms with van der Waals surface area (Å²) in [7, 11) is 0. The first-order valence-electron chi connectivity index (χ1n) is 22.5. The second-order valence-corrected chi connectivity index (χ2v) is 20.8. The van der Waals surface area contributed by atoms with Crippen LogP contribution in [-0.4, -0.2) is 88.2 Å². The largest absolute Gasteiger partial charge is 0.460 e. The van der Waals surface area contributed by atoms with Crippen LogP contribution < -0.4 is 16.4 Å². The monoisotopic (exact) mass is 843 g/mol. The molecular weight excluding hydrogens is 779 g/mol. The van der Waals surface area contributed by atoms with Crippen molar-refractivity contribution in [1.82, 2.24) is 10.6 Å². The Labute approximate surface area is 359 Å². The van der Waals surface area contributed by atoms with Crippen LogP contribution in [0.5, 0.6) is 0 Å². The standard InChI is InChI=1S/C48H65N3O10/c1-44(2,3)60-40(57)13-12-35(51-39(56)25-49)42(58)50-31-14-18-47(19-15-31)23-30(47)20-27-6-8-28(9-7-27)43-59-38-22-34-33-11-10-29-21-32(53)16-17-45(29,4)41(33)36(54)24-46(34,5)48(38,61-43)37(55)26-52/h6-9,16-17,21,30-31,33-36,38,41,43,52,54H,10-15,18-20,22-26,49H2,1-5H3,(H,50,58)(H,51,56)/t30?,31?,33-,34-,35-,36-,38+,41+,43+,45-,46-,47?,48+/m0/s1. The number of carbonyl (C=O) groups excluding carboxylic acids is 5. The number of benzene rings is 1. The van der Waals surface area contributed by atoms with E-state index >= 15 is 0 Å². The van der Waals surface area contributed by atoms with Crippen molar-refractivity contribution in [2.45, 2.75) is 153 Å². The molecule has 1 unspecified atom stereocenters. The first-order chi connectivity index (χ1) is 28.8. The molecule has 8 rings (SSSR count). The maximum absolute atomic E-state index is 14.0. The van der Waals surface area contributed by atoms with E-state index in [9.17, 15) is 34.2 Å². The molecule has 1 heterocycles. The first-order valence-corrected chi connectivity index (χ1v) is 22.5. The lowest BCUT2D eigenvalue weighted by Crippen LogP contribution is -2.63. The van der Waals surface area contributed by atoms with Gasteiger partial charge in [0.1, 0.15) is 18.2 Å². The molecule has 1 aliphatic heterocycles. The van der Waals surface area contributed by atoms with Gasteiger partial charge in [0.15, 0.2) is 23.5 Å². The van der Waals surface area contributed by atoms with Crippen LogP contribution in [0.3, 0.4) is 0 Å². The van der Waals surface area contributed by atoms with Crippen LogP contribution in [0.15, 0.2) is 48.1 Å². The Morgan fingerprint density at radius 1 is 1.05 bits per heavy atom. The zero-order chi connectivity index (χ0) is 43.7. The second kappa shape index (κ2) is 16.1. The van der Waals surface area contributed by atoms with Gasteiger partial charge in [-0.3, -0.25) is 24.0 Å². The molecule has 1 saturated heterocycles. The lowest BCUT2D eigenvalue weighted by atomic mass is 9.46. The van der Waals surface area contributed by atoms with Crippen molar-refractivity contribution < 1.29 is 48.4 Å². The molecule has 13 heteroatoms. The topological polar surface area (TPSA) is 204 Å².